The van der Waals surface area contributed by atoms with Crippen LogP contribution in [0.3, 0.4) is 0 Å². The van der Waals surface area contributed by atoms with Crippen molar-refractivity contribution in [2.45, 2.75) is 51.2 Å². The average Bonchev–Trinajstić information content (AvgIpc) is 2.98. The van der Waals surface area contributed by atoms with E-state index in [0.29, 0.717) is 0 Å². The molecule has 7 N–H and O–H groups in total. The van der Waals surface area contributed by atoms with Gasteiger partial charge in [0.2, 0.25) is 35.4 Å². The Morgan fingerprint density at radius 3 is 2.02 bits per heavy atom. The molecule has 0 bridgehead atoms. The number of hydrogen-bond donors (Lipinski definition) is 6. The minimum atomic E-state index is -1.03. The van der Waals surface area contributed by atoms with Crippen LogP contribution in [0.25, 0.3) is 0 Å². The number of carbonyl (C=O) groups excluding carboxylic acids is 6. The standard InChI is InChI=1S/C29H38N6O7/c1-4-24(37)34-25(38)16-31-29(42)23(15-19-8-6-5-7-9-19)35(3)26(39)17-32-27(40)18(2)33-28(41)22(30)14-20-10-12-21(36)13-11-20/h5-13,18,22-23,36H,4,14-17,30H2,1-3H3,(H,31,42)(H,32,40)(H,33,41)(H,34,37,38)/t18-,22+,23+/m1/s1. The zero-order chi connectivity index (χ0) is 31.2. The van der Waals surface area contributed by atoms with Gasteiger partial charge in [0.1, 0.15) is 17.8 Å². The van der Waals surface area contributed by atoms with Gasteiger partial charge in [-0.05, 0) is 36.6 Å². The summed E-state index contributed by atoms with van der Waals surface area (Å²) in [7, 11) is 1.40. The molecule has 3 atom stereocenters. The van der Waals surface area contributed by atoms with Crippen LogP contribution in [0.1, 0.15) is 31.4 Å². The van der Waals surface area contributed by atoms with Crippen molar-refractivity contribution >= 4 is 35.4 Å². The number of benzene rings is 2. The molecule has 0 radical (unpaired) electrons. The molecule has 0 unspecified atom stereocenters. The van der Waals surface area contributed by atoms with Crippen molar-refractivity contribution in [2.75, 3.05) is 20.1 Å². The lowest BCUT2D eigenvalue weighted by Gasteiger charge is -2.28. The van der Waals surface area contributed by atoms with Crippen molar-refractivity contribution in [3.63, 3.8) is 0 Å². The molecule has 0 aromatic heterocycles. The summed E-state index contributed by atoms with van der Waals surface area (Å²) in [4.78, 5) is 75.6. The lowest BCUT2D eigenvalue weighted by atomic mass is 10.0. The van der Waals surface area contributed by atoms with Gasteiger partial charge in [0.25, 0.3) is 0 Å². The summed E-state index contributed by atoms with van der Waals surface area (Å²) in [6, 6.07) is 12.2. The zero-order valence-corrected chi connectivity index (χ0v) is 23.9. The van der Waals surface area contributed by atoms with E-state index in [0.717, 1.165) is 16.0 Å². The van der Waals surface area contributed by atoms with Crippen LogP contribution in [-0.2, 0) is 41.6 Å². The van der Waals surface area contributed by atoms with E-state index < -0.39 is 66.7 Å². The Balaban J connectivity index is 1.95. The van der Waals surface area contributed by atoms with E-state index in [1.54, 1.807) is 49.4 Å². The maximum Gasteiger partial charge on any atom is 0.245 e. The predicted octanol–water partition coefficient (Wildman–Crippen LogP) is -0.878. The number of aromatic hydroxyl groups is 1. The number of amides is 6. The summed E-state index contributed by atoms with van der Waals surface area (Å²) in [5.74, 6) is -3.50. The third kappa shape index (κ3) is 11.0. The van der Waals surface area contributed by atoms with Crippen molar-refractivity contribution in [1.29, 1.82) is 0 Å². The SMILES string of the molecule is CCC(=O)NC(=O)CNC(=O)[C@H](Cc1ccccc1)N(C)C(=O)CNC(=O)[C@@H](C)NC(=O)[C@@H](N)Cc1ccc(O)cc1. The molecule has 0 aliphatic rings. The van der Waals surface area contributed by atoms with Gasteiger partial charge >= 0.3 is 0 Å². The van der Waals surface area contributed by atoms with Gasteiger partial charge in [-0.1, -0.05) is 49.4 Å². The van der Waals surface area contributed by atoms with Gasteiger partial charge in [0.05, 0.1) is 19.1 Å². The number of imide groups is 1. The number of hydrogen-bond acceptors (Lipinski definition) is 8. The van der Waals surface area contributed by atoms with Gasteiger partial charge in [-0.25, -0.2) is 0 Å². The van der Waals surface area contributed by atoms with Gasteiger partial charge in [0.15, 0.2) is 0 Å². The Labute approximate surface area is 244 Å². The minimum Gasteiger partial charge on any atom is -0.508 e. The highest BCUT2D eigenvalue weighted by Crippen LogP contribution is 2.11. The summed E-state index contributed by atoms with van der Waals surface area (Å²) >= 11 is 0. The summed E-state index contributed by atoms with van der Waals surface area (Å²) in [6.07, 6.45) is 0.420. The summed E-state index contributed by atoms with van der Waals surface area (Å²) < 4.78 is 0. The predicted molar refractivity (Wildman–Crippen MR) is 154 cm³/mol. The third-order valence-corrected chi connectivity index (χ3v) is 6.35. The van der Waals surface area contributed by atoms with Gasteiger partial charge in [-0.2, -0.15) is 0 Å². The second-order valence-electron chi connectivity index (χ2n) is 9.68. The fraction of sp³-hybridized carbons (Fsp3) is 0.379. The van der Waals surface area contributed by atoms with Crippen LogP contribution >= 0.6 is 0 Å². The Bertz CT molecular complexity index is 1250. The fourth-order valence-electron chi connectivity index (χ4n) is 3.80. The second-order valence-corrected chi connectivity index (χ2v) is 9.68. The summed E-state index contributed by atoms with van der Waals surface area (Å²) in [5.41, 5.74) is 7.43. The van der Waals surface area contributed by atoms with Gasteiger partial charge in [0, 0.05) is 19.9 Å². The van der Waals surface area contributed by atoms with Crippen molar-refractivity contribution < 1.29 is 33.9 Å². The Kier molecular flexibility index (Phi) is 13.1. The lowest BCUT2D eigenvalue weighted by molar-refractivity contribution is -0.140. The number of nitrogens with two attached hydrogens (primary N) is 1. The Hall–Kier alpha value is -4.78. The third-order valence-electron chi connectivity index (χ3n) is 6.35. The van der Waals surface area contributed by atoms with Crippen LogP contribution in [0.15, 0.2) is 54.6 Å². The highest BCUT2D eigenvalue weighted by atomic mass is 16.3. The molecular formula is C29H38N6O7. The Morgan fingerprint density at radius 2 is 1.40 bits per heavy atom. The highest BCUT2D eigenvalue weighted by Gasteiger charge is 2.28. The number of nitrogens with one attached hydrogen (secondary N) is 4. The molecule has 42 heavy (non-hydrogen) atoms. The first-order valence-corrected chi connectivity index (χ1v) is 13.4. The molecular weight excluding hydrogens is 544 g/mol. The first-order valence-electron chi connectivity index (χ1n) is 13.4. The second kappa shape index (κ2) is 16.5. The summed E-state index contributed by atoms with van der Waals surface area (Å²) in [6.45, 7) is 2.11. The minimum absolute atomic E-state index is 0.0850. The Morgan fingerprint density at radius 1 is 0.810 bits per heavy atom. The molecule has 0 spiro atoms. The van der Waals surface area contributed by atoms with E-state index in [-0.39, 0.29) is 25.0 Å². The molecule has 0 aliphatic carbocycles. The monoisotopic (exact) mass is 582 g/mol. The number of nitrogens with zero attached hydrogens (tertiary/aromatic N) is 1. The van der Waals surface area contributed by atoms with E-state index in [9.17, 15) is 33.9 Å². The lowest BCUT2D eigenvalue weighted by Crippen LogP contribution is -2.54. The van der Waals surface area contributed by atoms with Gasteiger partial charge < -0.3 is 31.7 Å². The quantitative estimate of drug-likeness (QED) is 0.165. The topological polar surface area (TPSA) is 200 Å². The smallest absolute Gasteiger partial charge is 0.245 e. The van der Waals surface area contributed by atoms with E-state index >= 15 is 0 Å². The van der Waals surface area contributed by atoms with E-state index in [1.165, 1.54) is 26.1 Å². The van der Waals surface area contributed by atoms with Crippen molar-refractivity contribution in [3.05, 3.63) is 65.7 Å². The summed E-state index contributed by atoms with van der Waals surface area (Å²) in [5, 5.41) is 18.9. The molecule has 13 heteroatoms. The van der Waals surface area contributed by atoms with E-state index in [2.05, 4.69) is 21.3 Å². The molecule has 0 aliphatic heterocycles. The zero-order valence-electron chi connectivity index (χ0n) is 23.9. The number of phenols is 1. The largest absolute Gasteiger partial charge is 0.508 e. The molecule has 2 aromatic rings. The maximum atomic E-state index is 13.0. The fourth-order valence-corrected chi connectivity index (χ4v) is 3.80. The van der Waals surface area contributed by atoms with Crippen molar-refractivity contribution in [1.82, 2.24) is 26.2 Å². The van der Waals surface area contributed by atoms with Crippen LogP contribution in [0.5, 0.6) is 5.75 Å². The molecule has 2 aromatic carbocycles. The molecule has 0 saturated carbocycles. The van der Waals surface area contributed by atoms with E-state index in [4.69, 9.17) is 5.73 Å². The molecule has 226 valence electrons. The normalized spacial score (nSPS) is 12.7. The first-order chi connectivity index (χ1) is 19.9. The van der Waals surface area contributed by atoms with Crippen LogP contribution in [0, 0.1) is 0 Å². The van der Waals surface area contributed by atoms with Gasteiger partial charge in [-0.3, -0.25) is 34.1 Å². The molecule has 13 nitrogen and oxygen atoms in total. The maximum absolute atomic E-state index is 13.0. The molecule has 0 saturated heterocycles. The molecule has 0 heterocycles. The van der Waals surface area contributed by atoms with E-state index in [1.807, 2.05) is 0 Å². The highest BCUT2D eigenvalue weighted by molar-refractivity contribution is 5.98. The molecule has 0 fully saturated rings. The number of rotatable bonds is 14. The molecule has 2 rings (SSSR count). The van der Waals surface area contributed by atoms with Crippen LogP contribution in [0.4, 0.5) is 0 Å². The first kappa shape index (κ1) is 33.4. The van der Waals surface area contributed by atoms with Crippen LogP contribution in [0.2, 0.25) is 0 Å². The number of carbonyl (C=O) groups is 6. The van der Waals surface area contributed by atoms with Crippen molar-refractivity contribution in [3.8, 4) is 5.75 Å². The average molecular weight is 583 g/mol. The van der Waals surface area contributed by atoms with Gasteiger partial charge in [-0.15, -0.1) is 0 Å². The van der Waals surface area contributed by atoms with Crippen LogP contribution in [-0.4, -0.2) is 83.7 Å². The van der Waals surface area contributed by atoms with Crippen LogP contribution < -0.4 is 27.0 Å². The van der Waals surface area contributed by atoms with Crippen molar-refractivity contribution in [2.24, 2.45) is 5.73 Å². The number of likely N-dealkylation sites (N-methyl/N-ethyl adjacent to an activating group) is 1. The number of phenolic OH excluding ortho intramolecular Hbond substituents is 1. The molecule has 6 amide bonds.